The third-order valence-corrected chi connectivity index (χ3v) is 4.04. The highest BCUT2D eigenvalue weighted by Crippen LogP contribution is 2.18. The van der Waals surface area contributed by atoms with E-state index in [2.05, 4.69) is 0 Å². The van der Waals surface area contributed by atoms with E-state index in [0.29, 0.717) is 12.2 Å². The molecule has 0 spiro atoms. The number of carbonyl (C=O) groups excluding carboxylic acids is 1. The lowest BCUT2D eigenvalue weighted by atomic mass is 10.3. The topological polar surface area (TPSA) is 17.1 Å². The number of carbonyl (C=O) groups is 1. The summed E-state index contributed by atoms with van der Waals surface area (Å²) >= 11 is 3.25. The second-order valence-electron chi connectivity index (χ2n) is 3.40. The van der Waals surface area contributed by atoms with Crippen molar-refractivity contribution >= 4 is 28.9 Å². The van der Waals surface area contributed by atoms with Crippen molar-refractivity contribution < 1.29 is 4.79 Å². The van der Waals surface area contributed by atoms with Crippen LogP contribution >= 0.6 is 23.1 Å². The van der Waals surface area contributed by atoms with Gasteiger partial charge < -0.3 is 0 Å². The Balaban J connectivity index is 1.80. The highest BCUT2D eigenvalue weighted by Gasteiger charge is 2.05. The Morgan fingerprint density at radius 2 is 1.94 bits per heavy atom. The van der Waals surface area contributed by atoms with Gasteiger partial charge in [0.2, 0.25) is 0 Å². The summed E-state index contributed by atoms with van der Waals surface area (Å²) in [5.74, 6) is 0.846. The molecule has 3 heteroatoms. The van der Waals surface area contributed by atoms with Crippen LogP contribution in [0, 0.1) is 0 Å². The minimum Gasteiger partial charge on any atom is -0.298 e. The Morgan fingerprint density at radius 3 is 2.62 bits per heavy atom. The Kier molecular flexibility index (Phi) is 4.19. The molecular weight excluding hydrogens is 236 g/mol. The number of thioether (sulfide) groups is 1. The molecule has 0 fully saturated rings. The van der Waals surface area contributed by atoms with Crippen LogP contribution in [0.15, 0.2) is 52.7 Å². The summed E-state index contributed by atoms with van der Waals surface area (Å²) < 4.78 is 0. The Bertz CT molecular complexity index is 434. The Hall–Kier alpha value is -1.06. The summed E-state index contributed by atoms with van der Waals surface area (Å²) in [4.78, 5) is 14.0. The van der Waals surface area contributed by atoms with Gasteiger partial charge in [0.15, 0.2) is 0 Å². The van der Waals surface area contributed by atoms with Crippen LogP contribution in [0.3, 0.4) is 0 Å². The van der Waals surface area contributed by atoms with Crippen molar-refractivity contribution in [3.63, 3.8) is 0 Å². The smallest absolute Gasteiger partial charge is 0.148 e. The van der Waals surface area contributed by atoms with Crippen LogP contribution in [0.2, 0.25) is 0 Å². The van der Waals surface area contributed by atoms with Crippen molar-refractivity contribution in [2.45, 2.75) is 11.3 Å². The van der Waals surface area contributed by atoms with Crippen molar-refractivity contribution in [3.8, 4) is 0 Å². The number of rotatable bonds is 5. The maximum atomic E-state index is 11.7. The summed E-state index contributed by atoms with van der Waals surface area (Å²) in [6, 6.07) is 14.0. The summed E-state index contributed by atoms with van der Waals surface area (Å²) in [6.07, 6.45) is 0.567. The fourth-order valence-corrected chi connectivity index (χ4v) is 2.85. The average molecular weight is 248 g/mol. The number of benzene rings is 1. The summed E-state index contributed by atoms with van der Waals surface area (Å²) in [6.45, 7) is 0. The molecule has 0 N–H and O–H groups in total. The fraction of sp³-hybridized carbons (Fsp3) is 0.154. The van der Waals surface area contributed by atoms with Crippen molar-refractivity contribution in [2.24, 2.45) is 0 Å². The maximum absolute atomic E-state index is 11.7. The van der Waals surface area contributed by atoms with E-state index in [1.54, 1.807) is 23.1 Å². The van der Waals surface area contributed by atoms with Crippen LogP contribution < -0.4 is 0 Å². The zero-order chi connectivity index (χ0) is 11.2. The molecule has 0 aliphatic rings. The van der Waals surface area contributed by atoms with Gasteiger partial charge in [-0.1, -0.05) is 24.3 Å². The third kappa shape index (κ3) is 3.51. The monoisotopic (exact) mass is 248 g/mol. The number of Topliss-reactive ketones (excluding diaryl/α,β-unsaturated/α-hetero) is 1. The molecular formula is C13H12OS2. The largest absolute Gasteiger partial charge is 0.298 e. The van der Waals surface area contributed by atoms with Crippen molar-refractivity contribution in [1.82, 2.24) is 0 Å². The van der Waals surface area contributed by atoms with Crippen molar-refractivity contribution in [1.29, 1.82) is 0 Å². The molecule has 16 heavy (non-hydrogen) atoms. The first-order valence-corrected chi connectivity index (χ1v) is 6.93. The second kappa shape index (κ2) is 5.87. The van der Waals surface area contributed by atoms with Gasteiger partial charge in [0, 0.05) is 16.2 Å². The van der Waals surface area contributed by atoms with E-state index >= 15 is 0 Å². The number of hydrogen-bond acceptors (Lipinski definition) is 3. The van der Waals surface area contributed by atoms with Gasteiger partial charge in [-0.2, -0.15) is 0 Å². The molecule has 0 radical (unpaired) electrons. The predicted octanol–water partition coefficient (Wildman–Crippen LogP) is 3.65. The predicted molar refractivity (Wildman–Crippen MR) is 70.2 cm³/mol. The maximum Gasteiger partial charge on any atom is 0.148 e. The van der Waals surface area contributed by atoms with E-state index in [1.165, 1.54) is 0 Å². The molecule has 0 bridgehead atoms. The van der Waals surface area contributed by atoms with E-state index in [4.69, 9.17) is 0 Å². The quantitative estimate of drug-likeness (QED) is 0.751. The molecule has 1 aromatic carbocycles. The highest BCUT2D eigenvalue weighted by molar-refractivity contribution is 8.00. The summed E-state index contributed by atoms with van der Waals surface area (Å²) in [7, 11) is 0. The van der Waals surface area contributed by atoms with Crippen molar-refractivity contribution in [3.05, 3.63) is 52.7 Å². The van der Waals surface area contributed by atoms with E-state index in [1.807, 2.05) is 47.8 Å². The molecule has 0 aliphatic heterocycles. The molecule has 1 nitrogen and oxygen atoms in total. The Labute approximate surface area is 104 Å². The van der Waals surface area contributed by atoms with Gasteiger partial charge in [-0.05, 0) is 23.6 Å². The molecule has 2 rings (SSSR count). The summed E-state index contributed by atoms with van der Waals surface area (Å²) in [5.41, 5.74) is 0. The van der Waals surface area contributed by atoms with Gasteiger partial charge in [-0.15, -0.1) is 23.1 Å². The lowest BCUT2D eigenvalue weighted by Gasteiger charge is -1.99. The standard InChI is InChI=1S/C13H12OS2/c14-11(9-13-7-4-8-15-13)10-16-12-5-2-1-3-6-12/h1-8H,9-10H2. The SMILES string of the molecule is O=C(CSc1ccccc1)Cc1cccs1. The molecule has 0 saturated heterocycles. The molecule has 1 aromatic heterocycles. The average Bonchev–Trinajstić information content (AvgIpc) is 2.81. The number of hydrogen-bond donors (Lipinski definition) is 0. The minimum absolute atomic E-state index is 0.288. The van der Waals surface area contributed by atoms with E-state index in [-0.39, 0.29) is 5.78 Å². The van der Waals surface area contributed by atoms with Crippen LogP contribution in [0.5, 0.6) is 0 Å². The van der Waals surface area contributed by atoms with Crippen LogP contribution in [0.4, 0.5) is 0 Å². The molecule has 0 unspecified atom stereocenters. The molecule has 0 atom stereocenters. The second-order valence-corrected chi connectivity index (χ2v) is 5.48. The number of ketones is 1. The van der Waals surface area contributed by atoms with Crippen LogP contribution in [-0.2, 0) is 11.2 Å². The first kappa shape index (κ1) is 11.4. The van der Waals surface area contributed by atoms with Crippen molar-refractivity contribution in [2.75, 3.05) is 5.75 Å². The van der Waals surface area contributed by atoms with E-state index < -0.39 is 0 Å². The first-order valence-electron chi connectivity index (χ1n) is 5.06. The molecule has 2 aromatic rings. The summed E-state index contributed by atoms with van der Waals surface area (Å²) in [5, 5.41) is 2.01. The molecule has 0 saturated carbocycles. The minimum atomic E-state index is 0.288. The van der Waals surface area contributed by atoms with Gasteiger partial charge >= 0.3 is 0 Å². The van der Waals surface area contributed by atoms with Crippen LogP contribution in [0.1, 0.15) is 4.88 Å². The molecule has 0 amide bonds. The molecule has 1 heterocycles. The normalized spacial score (nSPS) is 10.2. The van der Waals surface area contributed by atoms with E-state index in [9.17, 15) is 4.79 Å². The lowest BCUT2D eigenvalue weighted by molar-refractivity contribution is -0.115. The van der Waals surface area contributed by atoms with Gasteiger partial charge in [0.05, 0.1) is 5.75 Å². The third-order valence-electron chi connectivity index (χ3n) is 2.09. The zero-order valence-corrected chi connectivity index (χ0v) is 10.4. The van der Waals surface area contributed by atoms with E-state index in [0.717, 1.165) is 9.77 Å². The molecule has 0 aliphatic carbocycles. The fourth-order valence-electron chi connectivity index (χ4n) is 1.34. The molecule has 82 valence electrons. The van der Waals surface area contributed by atoms with Gasteiger partial charge in [0.25, 0.3) is 0 Å². The van der Waals surface area contributed by atoms with Crippen LogP contribution in [0.25, 0.3) is 0 Å². The van der Waals surface area contributed by atoms with Gasteiger partial charge in [-0.25, -0.2) is 0 Å². The lowest BCUT2D eigenvalue weighted by Crippen LogP contribution is -2.04. The highest BCUT2D eigenvalue weighted by atomic mass is 32.2. The Morgan fingerprint density at radius 1 is 1.12 bits per heavy atom. The van der Waals surface area contributed by atoms with Gasteiger partial charge in [-0.3, -0.25) is 4.79 Å². The number of thiophene rings is 1. The zero-order valence-electron chi connectivity index (χ0n) is 8.76. The van der Waals surface area contributed by atoms with Crippen LogP contribution in [-0.4, -0.2) is 11.5 Å². The van der Waals surface area contributed by atoms with Gasteiger partial charge in [0.1, 0.15) is 5.78 Å². The first-order chi connectivity index (χ1) is 7.84.